The second-order valence-electron chi connectivity index (χ2n) is 5.49. The van der Waals surface area contributed by atoms with Gasteiger partial charge in [0, 0.05) is 18.4 Å². The molecule has 0 saturated carbocycles. The van der Waals surface area contributed by atoms with Gasteiger partial charge in [0.1, 0.15) is 0 Å². The molecule has 5 heteroatoms. The molecule has 0 aliphatic heterocycles. The molecule has 0 aliphatic carbocycles. The Morgan fingerprint density at radius 3 is 2.45 bits per heavy atom. The van der Waals surface area contributed by atoms with Crippen LogP contribution in [0.3, 0.4) is 0 Å². The van der Waals surface area contributed by atoms with E-state index in [0.29, 0.717) is 11.0 Å². The first-order chi connectivity index (χ1) is 10.5. The Labute approximate surface area is 137 Å². The van der Waals surface area contributed by atoms with Crippen molar-refractivity contribution >= 4 is 28.7 Å². The van der Waals surface area contributed by atoms with Gasteiger partial charge in [-0.15, -0.1) is 0 Å². The largest absolute Gasteiger partial charge is 0.332 e. The lowest BCUT2D eigenvalue weighted by Crippen LogP contribution is -2.19. The van der Waals surface area contributed by atoms with Gasteiger partial charge >= 0.3 is 0 Å². The summed E-state index contributed by atoms with van der Waals surface area (Å²) in [5, 5.41) is 11.4. The molecule has 1 heterocycles. The van der Waals surface area contributed by atoms with Crippen LogP contribution in [0.15, 0.2) is 30.5 Å². The number of hydrogen-bond donors (Lipinski definition) is 2. The van der Waals surface area contributed by atoms with Crippen LogP contribution >= 0.6 is 12.2 Å². The van der Waals surface area contributed by atoms with Crippen molar-refractivity contribution in [3.05, 3.63) is 41.7 Å². The number of thiocarbonyl (C=S) groups is 1. The summed E-state index contributed by atoms with van der Waals surface area (Å²) in [7, 11) is 0. The van der Waals surface area contributed by atoms with E-state index in [1.807, 2.05) is 17.8 Å². The van der Waals surface area contributed by atoms with Crippen molar-refractivity contribution in [3.63, 3.8) is 0 Å². The van der Waals surface area contributed by atoms with E-state index in [0.717, 1.165) is 30.0 Å². The van der Waals surface area contributed by atoms with Gasteiger partial charge in [-0.3, -0.25) is 4.68 Å². The Kier molecular flexibility index (Phi) is 5.55. The van der Waals surface area contributed by atoms with Crippen molar-refractivity contribution < 1.29 is 0 Å². The highest BCUT2D eigenvalue weighted by Crippen LogP contribution is 2.20. The fourth-order valence-corrected chi connectivity index (χ4v) is 2.45. The Hall–Kier alpha value is -1.88. The predicted octanol–water partition coefficient (Wildman–Crippen LogP) is 4.53. The number of hydrogen-bond acceptors (Lipinski definition) is 2. The lowest BCUT2D eigenvalue weighted by molar-refractivity contribution is 0.653. The lowest BCUT2D eigenvalue weighted by Gasteiger charge is -2.12. The summed E-state index contributed by atoms with van der Waals surface area (Å²) in [6.45, 7) is 9.32. The summed E-state index contributed by atoms with van der Waals surface area (Å²) < 4.78 is 1.89. The van der Waals surface area contributed by atoms with Crippen LogP contribution in [0.25, 0.3) is 0 Å². The van der Waals surface area contributed by atoms with Gasteiger partial charge in [-0.1, -0.05) is 26.0 Å². The van der Waals surface area contributed by atoms with Crippen molar-refractivity contribution in [1.82, 2.24) is 9.78 Å². The number of aromatic nitrogens is 2. The maximum Gasteiger partial charge on any atom is 0.175 e. The van der Waals surface area contributed by atoms with E-state index in [1.165, 1.54) is 5.56 Å². The molecule has 0 bridgehead atoms. The predicted molar refractivity (Wildman–Crippen MR) is 97.6 cm³/mol. The van der Waals surface area contributed by atoms with Crippen LogP contribution in [0.2, 0.25) is 0 Å². The standard InChI is InChI=1S/C17H24N4S/c1-5-12(3)14-7-9-15(10-8-14)18-17(22)19-16-11-21(6-2)20-13(16)4/h7-12H,5-6H2,1-4H3,(H2,18,19,22). The number of aryl methyl sites for hydroxylation is 2. The minimum Gasteiger partial charge on any atom is -0.332 e. The summed E-state index contributed by atoms with van der Waals surface area (Å²) in [6.07, 6.45) is 3.11. The minimum atomic E-state index is 0.579. The minimum absolute atomic E-state index is 0.579. The Balaban J connectivity index is 1.98. The van der Waals surface area contributed by atoms with Crippen molar-refractivity contribution in [2.24, 2.45) is 0 Å². The van der Waals surface area contributed by atoms with Gasteiger partial charge in [0.05, 0.1) is 11.4 Å². The van der Waals surface area contributed by atoms with Gasteiger partial charge in [-0.2, -0.15) is 5.10 Å². The molecular formula is C17H24N4S. The number of benzene rings is 1. The Morgan fingerprint density at radius 2 is 1.91 bits per heavy atom. The first-order valence-electron chi connectivity index (χ1n) is 7.75. The van der Waals surface area contributed by atoms with Crippen molar-refractivity contribution in [1.29, 1.82) is 0 Å². The van der Waals surface area contributed by atoms with Crippen LogP contribution in [0.4, 0.5) is 11.4 Å². The highest BCUT2D eigenvalue weighted by molar-refractivity contribution is 7.80. The smallest absolute Gasteiger partial charge is 0.175 e. The molecule has 0 spiro atoms. The number of anilines is 2. The van der Waals surface area contributed by atoms with Gasteiger partial charge < -0.3 is 10.6 Å². The molecule has 0 radical (unpaired) electrons. The van der Waals surface area contributed by atoms with Gasteiger partial charge in [-0.25, -0.2) is 0 Å². The molecule has 0 saturated heterocycles. The van der Waals surface area contributed by atoms with Crippen LogP contribution in [0, 0.1) is 6.92 Å². The Morgan fingerprint density at radius 1 is 1.23 bits per heavy atom. The third-order valence-corrected chi connectivity index (χ3v) is 4.07. The van der Waals surface area contributed by atoms with E-state index in [4.69, 9.17) is 12.2 Å². The maximum absolute atomic E-state index is 5.37. The van der Waals surface area contributed by atoms with Gasteiger partial charge in [0.2, 0.25) is 0 Å². The van der Waals surface area contributed by atoms with Crippen LogP contribution in [-0.2, 0) is 6.54 Å². The highest BCUT2D eigenvalue weighted by atomic mass is 32.1. The molecule has 0 aliphatic rings. The average Bonchev–Trinajstić information content (AvgIpc) is 2.87. The zero-order valence-corrected chi connectivity index (χ0v) is 14.5. The van der Waals surface area contributed by atoms with Crippen molar-refractivity contribution in [2.75, 3.05) is 10.6 Å². The Bertz CT molecular complexity index is 631. The molecule has 0 amide bonds. The van der Waals surface area contributed by atoms with Gasteiger partial charge in [0.15, 0.2) is 5.11 Å². The monoisotopic (exact) mass is 316 g/mol. The molecule has 118 valence electrons. The topological polar surface area (TPSA) is 41.9 Å². The second-order valence-corrected chi connectivity index (χ2v) is 5.90. The third kappa shape index (κ3) is 4.07. The molecule has 2 aromatic rings. The van der Waals surface area contributed by atoms with E-state index in [9.17, 15) is 0 Å². The lowest BCUT2D eigenvalue weighted by atomic mass is 9.99. The molecule has 22 heavy (non-hydrogen) atoms. The first-order valence-corrected chi connectivity index (χ1v) is 8.16. The van der Waals surface area contributed by atoms with Crippen LogP contribution in [0.1, 0.15) is 44.4 Å². The molecule has 0 fully saturated rings. The SMILES string of the molecule is CCC(C)c1ccc(NC(=S)Nc2cn(CC)nc2C)cc1. The van der Waals surface area contributed by atoms with Crippen LogP contribution < -0.4 is 10.6 Å². The van der Waals surface area contributed by atoms with E-state index < -0.39 is 0 Å². The number of nitrogens with zero attached hydrogens (tertiary/aromatic N) is 2. The molecule has 1 aromatic carbocycles. The van der Waals surface area contributed by atoms with E-state index in [-0.39, 0.29) is 0 Å². The summed E-state index contributed by atoms with van der Waals surface area (Å²) in [5.41, 5.74) is 4.23. The molecule has 2 rings (SSSR count). The molecule has 1 unspecified atom stereocenters. The quantitative estimate of drug-likeness (QED) is 0.795. The van der Waals surface area contributed by atoms with E-state index >= 15 is 0 Å². The van der Waals surface area contributed by atoms with Crippen LogP contribution in [0.5, 0.6) is 0 Å². The zero-order chi connectivity index (χ0) is 16.1. The molecule has 1 atom stereocenters. The fourth-order valence-electron chi connectivity index (χ4n) is 2.22. The summed E-state index contributed by atoms with van der Waals surface area (Å²) in [5.74, 6) is 0.585. The number of rotatable bonds is 5. The molecule has 2 N–H and O–H groups in total. The summed E-state index contributed by atoms with van der Waals surface area (Å²) in [6, 6.07) is 8.44. The summed E-state index contributed by atoms with van der Waals surface area (Å²) >= 11 is 5.37. The van der Waals surface area contributed by atoms with Crippen LogP contribution in [-0.4, -0.2) is 14.9 Å². The molecular weight excluding hydrogens is 292 g/mol. The van der Waals surface area contributed by atoms with E-state index in [2.05, 4.69) is 60.8 Å². The van der Waals surface area contributed by atoms with Gasteiger partial charge in [-0.05, 0) is 56.1 Å². The first kappa shape index (κ1) is 16.5. The van der Waals surface area contributed by atoms with E-state index in [1.54, 1.807) is 0 Å². The molecule has 4 nitrogen and oxygen atoms in total. The van der Waals surface area contributed by atoms with Gasteiger partial charge in [0.25, 0.3) is 0 Å². The third-order valence-electron chi connectivity index (χ3n) is 3.87. The zero-order valence-electron chi connectivity index (χ0n) is 13.7. The van der Waals surface area contributed by atoms with Crippen molar-refractivity contribution in [3.8, 4) is 0 Å². The summed E-state index contributed by atoms with van der Waals surface area (Å²) in [4.78, 5) is 0. The highest BCUT2D eigenvalue weighted by Gasteiger charge is 2.07. The normalized spacial score (nSPS) is 12.0. The molecule has 1 aromatic heterocycles. The second kappa shape index (κ2) is 7.40. The fraction of sp³-hybridized carbons (Fsp3) is 0.412. The number of nitrogens with one attached hydrogen (secondary N) is 2. The average molecular weight is 316 g/mol. The van der Waals surface area contributed by atoms with Crippen molar-refractivity contribution in [2.45, 2.75) is 46.6 Å². The maximum atomic E-state index is 5.37.